The van der Waals surface area contributed by atoms with Crippen LogP contribution in [-0.2, 0) is 4.79 Å². The van der Waals surface area contributed by atoms with E-state index in [1.54, 1.807) is 4.90 Å². The molecule has 1 amide bonds. The van der Waals surface area contributed by atoms with Crippen LogP contribution in [0.3, 0.4) is 0 Å². The van der Waals surface area contributed by atoms with Crippen LogP contribution in [0.5, 0.6) is 0 Å². The van der Waals surface area contributed by atoms with Crippen molar-refractivity contribution in [2.45, 2.75) is 39.7 Å². The lowest BCUT2D eigenvalue weighted by molar-refractivity contribution is -0.133. The quantitative estimate of drug-likeness (QED) is 0.796. The molecular weight excluding hydrogens is 214 g/mol. The molecular formula is C13H27N3O. The molecule has 1 heterocycles. The van der Waals surface area contributed by atoms with Gasteiger partial charge < -0.3 is 15.5 Å². The second-order valence-corrected chi connectivity index (χ2v) is 6.15. The Morgan fingerprint density at radius 1 is 1.35 bits per heavy atom. The molecule has 1 atom stereocenters. The van der Waals surface area contributed by atoms with Crippen LogP contribution in [0.4, 0.5) is 0 Å². The summed E-state index contributed by atoms with van der Waals surface area (Å²) in [6, 6.07) is -0.411. The summed E-state index contributed by atoms with van der Waals surface area (Å²) < 4.78 is 0. The Morgan fingerprint density at radius 2 is 1.88 bits per heavy atom. The zero-order valence-corrected chi connectivity index (χ0v) is 11.7. The van der Waals surface area contributed by atoms with Gasteiger partial charge in [0, 0.05) is 20.1 Å². The molecule has 0 aromatic rings. The topological polar surface area (TPSA) is 49.6 Å². The van der Waals surface area contributed by atoms with Gasteiger partial charge in [0.1, 0.15) is 0 Å². The zero-order valence-electron chi connectivity index (χ0n) is 11.7. The summed E-state index contributed by atoms with van der Waals surface area (Å²) in [5.74, 6) is 0.0525. The van der Waals surface area contributed by atoms with Gasteiger partial charge >= 0.3 is 0 Å². The molecule has 1 rings (SSSR count). The zero-order chi connectivity index (χ0) is 13.1. The fourth-order valence-corrected chi connectivity index (χ4v) is 2.02. The van der Waals surface area contributed by atoms with Crippen molar-refractivity contribution in [2.24, 2.45) is 11.1 Å². The Bertz CT molecular complexity index is 254. The van der Waals surface area contributed by atoms with Crippen molar-refractivity contribution in [3.8, 4) is 0 Å². The number of amides is 1. The maximum atomic E-state index is 12.1. The molecule has 0 aliphatic carbocycles. The highest BCUT2D eigenvalue weighted by Gasteiger charge is 2.29. The summed E-state index contributed by atoms with van der Waals surface area (Å²) in [6.07, 6.45) is 2.58. The lowest BCUT2D eigenvalue weighted by Gasteiger charge is -2.30. The molecule has 4 heteroatoms. The summed E-state index contributed by atoms with van der Waals surface area (Å²) in [6.45, 7) is 10.1. The molecule has 17 heavy (non-hydrogen) atoms. The van der Waals surface area contributed by atoms with Gasteiger partial charge in [0.25, 0.3) is 0 Å². The van der Waals surface area contributed by atoms with Crippen molar-refractivity contribution in [1.82, 2.24) is 9.80 Å². The van der Waals surface area contributed by atoms with Gasteiger partial charge in [-0.25, -0.2) is 0 Å². The number of nitrogens with zero attached hydrogens (tertiary/aromatic N) is 2. The molecule has 0 spiro atoms. The number of carbonyl (C=O) groups is 1. The van der Waals surface area contributed by atoms with E-state index in [0.717, 1.165) is 13.1 Å². The molecule has 1 saturated heterocycles. The van der Waals surface area contributed by atoms with E-state index in [0.29, 0.717) is 0 Å². The van der Waals surface area contributed by atoms with Gasteiger partial charge in [-0.3, -0.25) is 4.79 Å². The van der Waals surface area contributed by atoms with Crippen LogP contribution in [0.15, 0.2) is 0 Å². The molecule has 0 aromatic heterocycles. The Labute approximate surface area is 105 Å². The smallest absolute Gasteiger partial charge is 0.239 e. The predicted octanol–water partition coefficient (Wildman–Crippen LogP) is 0.914. The van der Waals surface area contributed by atoms with Gasteiger partial charge in [-0.05, 0) is 31.3 Å². The molecule has 2 N–H and O–H groups in total. The Balaban J connectivity index is 2.35. The fourth-order valence-electron chi connectivity index (χ4n) is 2.02. The monoisotopic (exact) mass is 241 g/mol. The summed E-state index contributed by atoms with van der Waals surface area (Å²) >= 11 is 0. The molecule has 0 radical (unpaired) electrons. The lowest BCUT2D eigenvalue weighted by Crippen LogP contribution is -2.50. The number of likely N-dealkylation sites (N-methyl/N-ethyl adjacent to an activating group) is 1. The summed E-state index contributed by atoms with van der Waals surface area (Å²) in [5.41, 5.74) is 5.81. The number of likely N-dealkylation sites (tertiary alicyclic amines) is 1. The van der Waals surface area contributed by atoms with Crippen LogP contribution >= 0.6 is 0 Å². The first-order valence-electron chi connectivity index (χ1n) is 6.55. The fraction of sp³-hybridized carbons (Fsp3) is 0.923. The van der Waals surface area contributed by atoms with Crippen molar-refractivity contribution in [1.29, 1.82) is 0 Å². The molecule has 0 unspecified atom stereocenters. The first-order chi connectivity index (χ1) is 7.82. The summed E-state index contributed by atoms with van der Waals surface area (Å²) in [5, 5.41) is 0. The number of hydrogen-bond donors (Lipinski definition) is 1. The second-order valence-electron chi connectivity index (χ2n) is 6.15. The van der Waals surface area contributed by atoms with E-state index in [9.17, 15) is 4.79 Å². The molecule has 0 bridgehead atoms. The standard InChI is InChI=1S/C13H27N3O/c1-13(2,3)11(14)12(17)15(4)9-10-16-7-5-6-8-16/h11H,5-10,14H2,1-4H3/t11-/m0/s1. The van der Waals surface area contributed by atoms with E-state index in [-0.39, 0.29) is 11.3 Å². The maximum Gasteiger partial charge on any atom is 0.239 e. The van der Waals surface area contributed by atoms with Gasteiger partial charge in [0.05, 0.1) is 6.04 Å². The van der Waals surface area contributed by atoms with Gasteiger partial charge in [-0.2, -0.15) is 0 Å². The van der Waals surface area contributed by atoms with E-state index >= 15 is 0 Å². The Kier molecular flexibility index (Phi) is 4.95. The average molecular weight is 241 g/mol. The van der Waals surface area contributed by atoms with Crippen LogP contribution in [0.2, 0.25) is 0 Å². The Hall–Kier alpha value is -0.610. The summed E-state index contributed by atoms with van der Waals surface area (Å²) in [4.78, 5) is 16.3. The van der Waals surface area contributed by atoms with E-state index in [1.165, 1.54) is 25.9 Å². The molecule has 0 saturated carbocycles. The highest BCUT2D eigenvalue weighted by atomic mass is 16.2. The van der Waals surface area contributed by atoms with Crippen molar-refractivity contribution < 1.29 is 4.79 Å². The third-order valence-corrected chi connectivity index (χ3v) is 3.53. The predicted molar refractivity (Wildman–Crippen MR) is 70.7 cm³/mol. The van der Waals surface area contributed by atoms with Gasteiger partial charge in [0.15, 0.2) is 0 Å². The minimum absolute atomic E-state index is 0.0525. The van der Waals surface area contributed by atoms with Crippen LogP contribution in [0.25, 0.3) is 0 Å². The van der Waals surface area contributed by atoms with E-state index in [4.69, 9.17) is 5.73 Å². The largest absolute Gasteiger partial charge is 0.343 e. The van der Waals surface area contributed by atoms with Gasteiger partial charge in [-0.1, -0.05) is 20.8 Å². The number of hydrogen-bond acceptors (Lipinski definition) is 3. The summed E-state index contributed by atoms with van der Waals surface area (Å²) in [7, 11) is 1.85. The van der Waals surface area contributed by atoms with Crippen LogP contribution in [-0.4, -0.2) is 55.0 Å². The maximum absolute atomic E-state index is 12.1. The normalized spacial score (nSPS) is 19.4. The number of carbonyl (C=O) groups excluding carboxylic acids is 1. The first-order valence-corrected chi connectivity index (χ1v) is 6.55. The highest BCUT2D eigenvalue weighted by molar-refractivity contribution is 5.82. The number of nitrogens with two attached hydrogens (primary N) is 1. The van der Waals surface area contributed by atoms with E-state index < -0.39 is 6.04 Å². The second kappa shape index (κ2) is 5.83. The SMILES string of the molecule is CN(CCN1CCCC1)C(=O)[C@H](N)C(C)(C)C. The van der Waals surface area contributed by atoms with E-state index in [1.807, 2.05) is 27.8 Å². The molecule has 0 aromatic carbocycles. The Morgan fingerprint density at radius 3 is 2.35 bits per heavy atom. The van der Waals surface area contributed by atoms with Crippen molar-refractivity contribution >= 4 is 5.91 Å². The minimum atomic E-state index is -0.411. The third-order valence-electron chi connectivity index (χ3n) is 3.53. The minimum Gasteiger partial charge on any atom is -0.343 e. The third kappa shape index (κ3) is 4.28. The van der Waals surface area contributed by atoms with Gasteiger partial charge in [0.2, 0.25) is 5.91 Å². The highest BCUT2D eigenvalue weighted by Crippen LogP contribution is 2.18. The molecule has 1 fully saturated rings. The molecule has 4 nitrogen and oxygen atoms in total. The van der Waals surface area contributed by atoms with Crippen LogP contribution in [0, 0.1) is 5.41 Å². The van der Waals surface area contributed by atoms with Crippen molar-refractivity contribution in [2.75, 3.05) is 33.2 Å². The average Bonchev–Trinajstić information content (AvgIpc) is 2.75. The van der Waals surface area contributed by atoms with Crippen molar-refractivity contribution in [3.63, 3.8) is 0 Å². The molecule has 1 aliphatic rings. The molecule has 100 valence electrons. The van der Waals surface area contributed by atoms with Crippen LogP contribution < -0.4 is 5.73 Å². The lowest BCUT2D eigenvalue weighted by atomic mass is 9.86. The number of rotatable bonds is 4. The first kappa shape index (κ1) is 14.5. The van der Waals surface area contributed by atoms with E-state index in [2.05, 4.69) is 4.90 Å². The van der Waals surface area contributed by atoms with Crippen LogP contribution in [0.1, 0.15) is 33.6 Å². The van der Waals surface area contributed by atoms with Crippen molar-refractivity contribution in [3.05, 3.63) is 0 Å². The molecule has 1 aliphatic heterocycles. The van der Waals surface area contributed by atoms with Gasteiger partial charge in [-0.15, -0.1) is 0 Å².